The summed E-state index contributed by atoms with van der Waals surface area (Å²) >= 11 is 0. The maximum atomic E-state index is 14.4. The second-order valence-corrected chi connectivity index (χ2v) is 19.2. The molecule has 0 radical (unpaired) electrons. The Hall–Kier alpha value is -2.37. The van der Waals surface area contributed by atoms with Crippen LogP contribution in [0.2, 0.25) is 0 Å². The van der Waals surface area contributed by atoms with Gasteiger partial charge in [-0.25, -0.2) is 8.42 Å². The summed E-state index contributed by atoms with van der Waals surface area (Å²) in [5.41, 5.74) is 1.43. The van der Waals surface area contributed by atoms with Gasteiger partial charge in [0.25, 0.3) is 0 Å². The third-order valence-corrected chi connectivity index (χ3v) is 13.3. The number of anilines is 1. The molecule has 5 rings (SSSR count). The fraction of sp³-hybridized carbons (Fsp3) is 0.615. The van der Waals surface area contributed by atoms with E-state index in [4.69, 9.17) is 4.74 Å². The van der Waals surface area contributed by atoms with Crippen LogP contribution < -0.4 is 9.64 Å². The average molecular weight is 713 g/mol. The summed E-state index contributed by atoms with van der Waals surface area (Å²) in [7, 11) is -5.93. The van der Waals surface area contributed by atoms with E-state index >= 15 is 0 Å². The number of piperidine rings is 1. The van der Waals surface area contributed by atoms with Crippen LogP contribution in [0, 0.1) is 0 Å². The summed E-state index contributed by atoms with van der Waals surface area (Å²) in [5, 5.41) is 0.778. The van der Waals surface area contributed by atoms with Gasteiger partial charge in [0.1, 0.15) is 10.6 Å². The first kappa shape index (κ1) is 37.9. The summed E-state index contributed by atoms with van der Waals surface area (Å²) in [4.78, 5) is 13.3. The van der Waals surface area contributed by atoms with E-state index < -0.39 is 20.1 Å². The lowest BCUT2D eigenvalue weighted by molar-refractivity contribution is 0.186. The van der Waals surface area contributed by atoms with Crippen LogP contribution in [0.25, 0.3) is 10.9 Å². The molecule has 3 heterocycles. The van der Waals surface area contributed by atoms with Crippen molar-refractivity contribution >= 4 is 36.7 Å². The zero-order valence-electron chi connectivity index (χ0n) is 30.2. The number of aromatic nitrogens is 1. The number of sulfone groups is 1. The molecule has 10 heteroatoms. The number of hydrogen-bond acceptors (Lipinski definition) is 8. The van der Waals surface area contributed by atoms with E-state index in [-0.39, 0.29) is 9.79 Å². The second-order valence-electron chi connectivity index (χ2n) is 14.3. The quantitative estimate of drug-likeness (QED) is 0.140. The highest BCUT2D eigenvalue weighted by Gasteiger charge is 2.29. The number of likely N-dealkylation sites (tertiary alicyclic amines) is 1. The third kappa shape index (κ3) is 10.6. The van der Waals surface area contributed by atoms with Gasteiger partial charge < -0.3 is 24.0 Å². The molecule has 1 aromatic heterocycles. The van der Waals surface area contributed by atoms with Crippen LogP contribution in [0.1, 0.15) is 84.0 Å². The highest BCUT2D eigenvalue weighted by Crippen LogP contribution is 2.47. The predicted molar refractivity (Wildman–Crippen MR) is 206 cm³/mol. The van der Waals surface area contributed by atoms with Gasteiger partial charge in [-0.3, -0.25) is 4.98 Å². The summed E-state index contributed by atoms with van der Waals surface area (Å²) in [6.45, 7) is 10.8. The molecule has 2 aromatic carbocycles. The van der Waals surface area contributed by atoms with E-state index in [1.54, 1.807) is 24.3 Å². The molecule has 3 aromatic rings. The fourth-order valence-electron chi connectivity index (χ4n) is 7.12. The Bertz CT molecular complexity index is 1570. The largest absolute Gasteiger partial charge is 0.494 e. The van der Waals surface area contributed by atoms with E-state index in [2.05, 4.69) is 26.6 Å². The summed E-state index contributed by atoms with van der Waals surface area (Å²) in [6, 6.07) is 12.7. The van der Waals surface area contributed by atoms with Gasteiger partial charge >= 0.3 is 0 Å². The van der Waals surface area contributed by atoms with Crippen molar-refractivity contribution in [3.05, 3.63) is 48.7 Å². The topological polar surface area (TPSA) is 86.2 Å². The molecule has 2 aliphatic heterocycles. The van der Waals surface area contributed by atoms with Gasteiger partial charge in [-0.2, -0.15) is 0 Å². The third-order valence-electron chi connectivity index (χ3n) is 10.1. The molecule has 0 unspecified atom stereocenters. The Labute approximate surface area is 297 Å². The summed E-state index contributed by atoms with van der Waals surface area (Å²) in [5.74, 6) is 0.689. The Kier molecular flexibility index (Phi) is 14.1. The maximum absolute atomic E-state index is 14.4. The minimum Gasteiger partial charge on any atom is -0.494 e. The molecule has 0 amide bonds. The number of benzene rings is 2. The Morgan fingerprint density at radius 3 is 2.06 bits per heavy atom. The molecule has 0 atom stereocenters. The highest BCUT2D eigenvalue weighted by molar-refractivity contribution is 8.28. The zero-order valence-corrected chi connectivity index (χ0v) is 31.9. The molecule has 2 aliphatic rings. The zero-order chi connectivity index (χ0) is 34.7. The van der Waals surface area contributed by atoms with Crippen LogP contribution in [0.3, 0.4) is 0 Å². The van der Waals surface area contributed by atoms with Crippen LogP contribution in [0.15, 0.2) is 63.3 Å². The van der Waals surface area contributed by atoms with E-state index in [9.17, 15) is 13.0 Å². The van der Waals surface area contributed by atoms with Crippen LogP contribution >= 0.6 is 10.3 Å². The van der Waals surface area contributed by atoms with Gasteiger partial charge in [0, 0.05) is 49.2 Å². The monoisotopic (exact) mass is 712 g/mol. The van der Waals surface area contributed by atoms with Gasteiger partial charge in [-0.15, -0.1) is 10.3 Å². The van der Waals surface area contributed by atoms with Crippen molar-refractivity contribution in [2.24, 2.45) is 0 Å². The van der Waals surface area contributed by atoms with Gasteiger partial charge in [0.2, 0.25) is 9.84 Å². The van der Waals surface area contributed by atoms with Crippen molar-refractivity contribution in [2.45, 2.75) is 98.7 Å². The molecule has 0 bridgehead atoms. The first-order chi connectivity index (χ1) is 23.7. The number of fused-ring (bicyclic) bond motifs is 1. The normalized spacial score (nSPS) is 17.3. The van der Waals surface area contributed by atoms with Crippen molar-refractivity contribution < 1.29 is 17.7 Å². The van der Waals surface area contributed by atoms with Crippen molar-refractivity contribution in [3.63, 3.8) is 0 Å². The van der Waals surface area contributed by atoms with Crippen LogP contribution in [0.5, 0.6) is 5.75 Å². The van der Waals surface area contributed by atoms with Gasteiger partial charge in [-0.1, -0.05) is 58.3 Å². The van der Waals surface area contributed by atoms with Crippen LogP contribution in [-0.2, 0) is 9.84 Å². The van der Waals surface area contributed by atoms with Gasteiger partial charge in [0.15, 0.2) is 0 Å². The predicted octanol–water partition coefficient (Wildman–Crippen LogP) is 8.48. The second kappa shape index (κ2) is 18.2. The Balaban J connectivity index is 1.33. The van der Waals surface area contributed by atoms with Crippen molar-refractivity contribution in [3.8, 4) is 5.75 Å². The Morgan fingerprint density at radius 1 is 0.735 bits per heavy atom. The number of rotatable bonds is 17. The van der Waals surface area contributed by atoms with E-state index in [0.717, 1.165) is 74.3 Å². The molecule has 2 fully saturated rings. The standard InChI is InChI=1S/C39H60N4O4S2/c1-4-5-6-7-8-9-10-14-30-47-33-16-18-34(19-17-33)49(45,46)38-32-40-37-21-20-35(48(2,3)44)31-36(37)39(38)43-25-15-24-42(28-29-43)27-26-41-22-12-11-13-23-41/h16-21,31-32,44H,4-15,22-30H2,1-3H3. The first-order valence-electron chi connectivity index (χ1n) is 18.7. The lowest BCUT2D eigenvalue weighted by Gasteiger charge is -2.30. The minimum absolute atomic E-state index is 0.220. The van der Waals surface area contributed by atoms with Crippen LogP contribution in [0.4, 0.5) is 5.69 Å². The average Bonchev–Trinajstić information content (AvgIpc) is 3.35. The molecular weight excluding hydrogens is 653 g/mol. The highest BCUT2D eigenvalue weighted by atomic mass is 32.3. The number of hydrogen-bond donors (Lipinski definition) is 1. The molecule has 2 saturated heterocycles. The molecule has 49 heavy (non-hydrogen) atoms. The smallest absolute Gasteiger partial charge is 0.210 e. The van der Waals surface area contributed by atoms with Crippen molar-refractivity contribution in [1.29, 1.82) is 0 Å². The number of pyridine rings is 1. The van der Waals surface area contributed by atoms with Gasteiger partial charge in [-0.05, 0) is 100 Å². The molecule has 272 valence electrons. The van der Waals surface area contributed by atoms with Gasteiger partial charge in [0.05, 0.1) is 22.7 Å². The molecular formula is C39H60N4O4S2. The molecule has 0 saturated carbocycles. The van der Waals surface area contributed by atoms with E-state index in [0.29, 0.717) is 18.0 Å². The molecule has 0 aliphatic carbocycles. The van der Waals surface area contributed by atoms with Crippen molar-refractivity contribution in [2.75, 3.05) is 76.4 Å². The minimum atomic E-state index is -3.90. The van der Waals surface area contributed by atoms with E-state index in [1.807, 2.05) is 30.7 Å². The number of ether oxygens (including phenoxy) is 1. The fourth-order valence-corrected chi connectivity index (χ4v) is 9.37. The lowest BCUT2D eigenvalue weighted by atomic mass is 10.1. The number of nitrogens with zero attached hydrogens (tertiary/aromatic N) is 4. The first-order valence-corrected chi connectivity index (χ1v) is 22.6. The molecule has 0 spiro atoms. The lowest BCUT2D eigenvalue weighted by Crippen LogP contribution is -2.39. The van der Waals surface area contributed by atoms with Crippen molar-refractivity contribution in [1.82, 2.24) is 14.8 Å². The molecule has 1 N–H and O–H groups in total. The Morgan fingerprint density at radius 2 is 1.37 bits per heavy atom. The maximum Gasteiger partial charge on any atom is 0.210 e. The SMILES string of the molecule is CCCCCCCCCCOc1ccc(S(=O)(=O)c2cnc3ccc(S(C)(C)O)cc3c2N2CCCN(CCN3CCCCC3)CC2)cc1. The molecule has 8 nitrogen and oxygen atoms in total. The summed E-state index contributed by atoms with van der Waals surface area (Å²) in [6.07, 6.45) is 20.0. The van der Waals surface area contributed by atoms with E-state index in [1.165, 1.54) is 77.1 Å². The summed E-state index contributed by atoms with van der Waals surface area (Å²) < 4.78 is 45.8. The number of unbranched alkanes of at least 4 members (excludes halogenated alkanes) is 7. The van der Waals surface area contributed by atoms with Crippen LogP contribution in [-0.4, -0.2) is 99.2 Å².